The molecule has 1 amide bonds. The number of likely N-dealkylation sites (tertiary alicyclic amines) is 1. The maximum Gasteiger partial charge on any atom is 0.253 e. The van der Waals surface area contributed by atoms with Crippen LogP contribution in [0.2, 0.25) is 5.02 Å². The van der Waals surface area contributed by atoms with Gasteiger partial charge in [-0.1, -0.05) is 11.6 Å². The molecule has 1 aromatic heterocycles. The van der Waals surface area contributed by atoms with Crippen LogP contribution in [0.4, 0.5) is 5.69 Å². The number of aromatic amines is 1. The number of hydrogen-bond donors (Lipinski definition) is 2. The van der Waals surface area contributed by atoms with Crippen LogP contribution < -0.4 is 5.73 Å². The van der Waals surface area contributed by atoms with Crippen molar-refractivity contribution in [1.29, 1.82) is 0 Å². The molecule has 6 heteroatoms. The summed E-state index contributed by atoms with van der Waals surface area (Å²) in [5.41, 5.74) is 7.88. The first-order valence-corrected chi connectivity index (χ1v) is 7.36. The van der Waals surface area contributed by atoms with Crippen molar-refractivity contribution >= 4 is 23.2 Å². The molecule has 0 spiro atoms. The lowest BCUT2D eigenvalue weighted by molar-refractivity contribution is 0.0706. The smallest absolute Gasteiger partial charge is 0.253 e. The number of carbonyl (C=O) groups is 1. The van der Waals surface area contributed by atoms with Crippen LogP contribution in [0.15, 0.2) is 30.5 Å². The molecule has 21 heavy (non-hydrogen) atoms. The van der Waals surface area contributed by atoms with Crippen LogP contribution >= 0.6 is 11.6 Å². The Labute approximate surface area is 128 Å². The molecule has 1 fully saturated rings. The van der Waals surface area contributed by atoms with E-state index in [1.807, 2.05) is 11.0 Å². The van der Waals surface area contributed by atoms with Crippen LogP contribution in [0.25, 0.3) is 0 Å². The van der Waals surface area contributed by atoms with Crippen molar-refractivity contribution in [1.82, 2.24) is 15.1 Å². The Bertz CT molecular complexity index is 641. The van der Waals surface area contributed by atoms with Gasteiger partial charge in [0, 0.05) is 36.5 Å². The van der Waals surface area contributed by atoms with E-state index in [0.29, 0.717) is 28.7 Å². The summed E-state index contributed by atoms with van der Waals surface area (Å²) in [5, 5.41) is 7.46. The number of aromatic nitrogens is 2. The Morgan fingerprint density at radius 3 is 3.00 bits per heavy atom. The minimum atomic E-state index is 0.00239. The van der Waals surface area contributed by atoms with E-state index < -0.39 is 0 Å². The van der Waals surface area contributed by atoms with Crippen molar-refractivity contribution in [2.75, 3.05) is 18.8 Å². The van der Waals surface area contributed by atoms with E-state index in [0.717, 1.165) is 25.1 Å². The number of rotatable bonds is 2. The van der Waals surface area contributed by atoms with Crippen molar-refractivity contribution in [2.45, 2.75) is 18.8 Å². The summed E-state index contributed by atoms with van der Waals surface area (Å²) in [7, 11) is 0. The predicted molar refractivity (Wildman–Crippen MR) is 82.3 cm³/mol. The third-order valence-corrected chi connectivity index (χ3v) is 4.26. The largest absolute Gasteiger partial charge is 0.398 e. The van der Waals surface area contributed by atoms with Gasteiger partial charge in [-0.15, -0.1) is 0 Å². The van der Waals surface area contributed by atoms with Crippen molar-refractivity contribution in [3.05, 3.63) is 46.7 Å². The summed E-state index contributed by atoms with van der Waals surface area (Å²) in [6, 6.07) is 7.00. The fourth-order valence-corrected chi connectivity index (χ4v) is 2.89. The van der Waals surface area contributed by atoms with Gasteiger partial charge in [0.25, 0.3) is 5.91 Å². The monoisotopic (exact) mass is 304 g/mol. The number of nitrogens with one attached hydrogen (secondary N) is 1. The summed E-state index contributed by atoms with van der Waals surface area (Å²) in [6.07, 6.45) is 3.79. The van der Waals surface area contributed by atoms with Crippen molar-refractivity contribution in [2.24, 2.45) is 0 Å². The summed E-state index contributed by atoms with van der Waals surface area (Å²) in [5.74, 6) is 0.317. The summed E-state index contributed by atoms with van der Waals surface area (Å²) >= 11 is 5.90. The molecule has 1 aliphatic rings. The number of carbonyl (C=O) groups excluding carboxylic acids is 1. The van der Waals surface area contributed by atoms with E-state index in [2.05, 4.69) is 10.2 Å². The third-order valence-electron chi connectivity index (χ3n) is 3.91. The summed E-state index contributed by atoms with van der Waals surface area (Å²) in [4.78, 5) is 14.5. The fourth-order valence-electron chi connectivity index (χ4n) is 2.77. The number of benzene rings is 1. The lowest BCUT2D eigenvalue weighted by Gasteiger charge is -2.32. The SMILES string of the molecule is Nc1cc(C(=O)N2CCCC(c3ccn[nH]3)C2)ccc1Cl. The Hall–Kier alpha value is -2.01. The Balaban J connectivity index is 1.76. The first-order valence-electron chi connectivity index (χ1n) is 6.98. The highest BCUT2D eigenvalue weighted by molar-refractivity contribution is 6.33. The number of hydrogen-bond acceptors (Lipinski definition) is 3. The average Bonchev–Trinajstić information content (AvgIpc) is 3.04. The normalized spacial score (nSPS) is 18.7. The average molecular weight is 305 g/mol. The van der Waals surface area contributed by atoms with Crippen LogP contribution in [0.1, 0.15) is 34.8 Å². The van der Waals surface area contributed by atoms with Gasteiger partial charge in [0.2, 0.25) is 0 Å². The second-order valence-corrected chi connectivity index (χ2v) is 5.75. The van der Waals surface area contributed by atoms with Crippen molar-refractivity contribution in [3.63, 3.8) is 0 Å². The number of halogens is 1. The first-order chi connectivity index (χ1) is 10.1. The minimum absolute atomic E-state index is 0.00239. The van der Waals surface area contributed by atoms with Gasteiger partial charge in [-0.25, -0.2) is 0 Å². The maximum atomic E-state index is 12.6. The molecule has 1 aliphatic heterocycles. The van der Waals surface area contributed by atoms with Gasteiger partial charge in [-0.05, 0) is 37.1 Å². The van der Waals surface area contributed by atoms with Gasteiger partial charge in [-0.3, -0.25) is 9.89 Å². The molecule has 1 unspecified atom stereocenters. The highest BCUT2D eigenvalue weighted by atomic mass is 35.5. The van der Waals surface area contributed by atoms with Gasteiger partial charge >= 0.3 is 0 Å². The molecular weight excluding hydrogens is 288 g/mol. The number of H-pyrrole nitrogens is 1. The third kappa shape index (κ3) is 2.88. The number of anilines is 1. The second kappa shape index (κ2) is 5.77. The fraction of sp³-hybridized carbons (Fsp3) is 0.333. The van der Waals surface area contributed by atoms with Crippen LogP contribution in [0.3, 0.4) is 0 Å². The van der Waals surface area contributed by atoms with E-state index >= 15 is 0 Å². The molecule has 0 aliphatic carbocycles. The molecule has 3 N–H and O–H groups in total. The summed E-state index contributed by atoms with van der Waals surface area (Å²) < 4.78 is 0. The van der Waals surface area contributed by atoms with Gasteiger partial charge in [-0.2, -0.15) is 5.10 Å². The number of nitrogens with two attached hydrogens (primary N) is 1. The molecule has 0 radical (unpaired) electrons. The molecule has 0 saturated carbocycles. The first kappa shape index (κ1) is 13.9. The molecule has 1 atom stereocenters. The van der Waals surface area contributed by atoms with Crippen molar-refractivity contribution < 1.29 is 4.79 Å². The minimum Gasteiger partial charge on any atom is -0.398 e. The number of piperidine rings is 1. The lowest BCUT2D eigenvalue weighted by Crippen LogP contribution is -2.39. The topological polar surface area (TPSA) is 75.0 Å². The zero-order valence-electron chi connectivity index (χ0n) is 11.6. The molecular formula is C15H17ClN4O. The number of amides is 1. The van der Waals surface area contributed by atoms with E-state index in [9.17, 15) is 4.79 Å². The molecule has 1 saturated heterocycles. The summed E-state index contributed by atoms with van der Waals surface area (Å²) in [6.45, 7) is 1.47. The van der Waals surface area contributed by atoms with Crippen LogP contribution in [0.5, 0.6) is 0 Å². The van der Waals surface area contributed by atoms with E-state index in [1.165, 1.54) is 0 Å². The molecule has 2 heterocycles. The Kier molecular flexibility index (Phi) is 3.84. The second-order valence-electron chi connectivity index (χ2n) is 5.34. The van der Waals surface area contributed by atoms with Crippen LogP contribution in [-0.2, 0) is 0 Å². The highest BCUT2D eigenvalue weighted by Crippen LogP contribution is 2.27. The van der Waals surface area contributed by atoms with Crippen LogP contribution in [0, 0.1) is 0 Å². The predicted octanol–water partition coefficient (Wildman–Crippen LogP) is 2.67. The standard InChI is InChI=1S/C15H17ClN4O/c16-12-4-3-10(8-13(12)17)15(21)20-7-1-2-11(9-20)14-5-6-18-19-14/h3-6,8,11H,1-2,7,9,17H2,(H,18,19). The maximum absolute atomic E-state index is 12.6. The zero-order chi connectivity index (χ0) is 14.8. The Morgan fingerprint density at radius 1 is 1.43 bits per heavy atom. The molecule has 1 aromatic carbocycles. The molecule has 0 bridgehead atoms. The highest BCUT2D eigenvalue weighted by Gasteiger charge is 2.26. The zero-order valence-corrected chi connectivity index (χ0v) is 12.3. The van der Waals surface area contributed by atoms with Gasteiger partial charge in [0.15, 0.2) is 0 Å². The lowest BCUT2D eigenvalue weighted by atomic mass is 9.94. The number of nitrogens with zero attached hydrogens (tertiary/aromatic N) is 2. The number of nitrogen functional groups attached to an aromatic ring is 1. The Morgan fingerprint density at radius 2 is 2.29 bits per heavy atom. The van der Waals surface area contributed by atoms with Crippen LogP contribution in [-0.4, -0.2) is 34.1 Å². The molecule has 2 aromatic rings. The quantitative estimate of drug-likeness (QED) is 0.838. The van der Waals surface area contributed by atoms with Gasteiger partial charge in [0.05, 0.1) is 10.7 Å². The van der Waals surface area contributed by atoms with Gasteiger partial charge in [0.1, 0.15) is 0 Å². The molecule has 5 nitrogen and oxygen atoms in total. The van der Waals surface area contributed by atoms with Gasteiger partial charge < -0.3 is 10.6 Å². The van der Waals surface area contributed by atoms with E-state index in [1.54, 1.807) is 24.4 Å². The molecule has 110 valence electrons. The van der Waals surface area contributed by atoms with E-state index in [-0.39, 0.29) is 5.91 Å². The van der Waals surface area contributed by atoms with E-state index in [4.69, 9.17) is 17.3 Å². The van der Waals surface area contributed by atoms with Crippen molar-refractivity contribution in [3.8, 4) is 0 Å². The molecule has 3 rings (SSSR count).